The fourth-order valence-electron chi connectivity index (χ4n) is 5.08. The summed E-state index contributed by atoms with van der Waals surface area (Å²) in [6, 6.07) is 12.6. The summed E-state index contributed by atoms with van der Waals surface area (Å²) >= 11 is 1.46. The number of amides is 2. The molecule has 1 saturated heterocycles. The van der Waals surface area contributed by atoms with E-state index in [-0.39, 0.29) is 12.0 Å². The lowest BCUT2D eigenvalue weighted by Crippen LogP contribution is -2.36. The first kappa shape index (κ1) is 31.6. The van der Waals surface area contributed by atoms with Crippen molar-refractivity contribution < 1.29 is 23.9 Å². The van der Waals surface area contributed by atoms with Crippen molar-refractivity contribution in [3.63, 3.8) is 0 Å². The molecule has 0 atom stereocenters. The van der Waals surface area contributed by atoms with Crippen LogP contribution < -0.4 is 20.1 Å². The van der Waals surface area contributed by atoms with Gasteiger partial charge in [0.05, 0.1) is 12.6 Å². The van der Waals surface area contributed by atoms with E-state index in [4.69, 9.17) is 14.0 Å². The second-order valence-electron chi connectivity index (χ2n) is 11.9. The lowest BCUT2D eigenvalue weighted by Gasteiger charge is -2.31. The number of nitrogens with zero attached hydrogens (tertiary/aromatic N) is 4. The van der Waals surface area contributed by atoms with Gasteiger partial charge >= 0.3 is 6.03 Å². The van der Waals surface area contributed by atoms with Crippen LogP contribution in [0.5, 0.6) is 11.5 Å². The van der Waals surface area contributed by atoms with Crippen LogP contribution in [-0.2, 0) is 5.41 Å². The number of fused-ring (bicyclic) bond motifs is 1. The number of carbonyl (C=O) groups excluding carboxylic acids is 1. The van der Waals surface area contributed by atoms with E-state index < -0.39 is 6.03 Å². The average molecular weight is 621 g/mol. The highest BCUT2D eigenvalue weighted by Crippen LogP contribution is 2.38. The number of carbonyl (C=O) groups is 1. The van der Waals surface area contributed by atoms with Gasteiger partial charge in [0.15, 0.2) is 17.3 Å². The molecule has 234 valence electrons. The van der Waals surface area contributed by atoms with Crippen LogP contribution in [-0.4, -0.2) is 71.1 Å². The molecule has 12 heteroatoms. The topological polar surface area (TPSA) is 135 Å². The monoisotopic (exact) mass is 620 g/mol. The van der Waals surface area contributed by atoms with Crippen molar-refractivity contribution in [2.45, 2.75) is 55.4 Å². The molecule has 3 N–H and O–H groups in total. The number of urea groups is 1. The molecule has 1 aliphatic heterocycles. The number of ether oxygens (including phenoxy) is 2. The van der Waals surface area contributed by atoms with Gasteiger partial charge in [-0.1, -0.05) is 43.8 Å². The molecule has 0 unspecified atom stereocenters. The van der Waals surface area contributed by atoms with Crippen LogP contribution in [0.3, 0.4) is 0 Å². The maximum Gasteiger partial charge on any atom is 0.324 e. The molecule has 44 heavy (non-hydrogen) atoms. The van der Waals surface area contributed by atoms with E-state index in [9.17, 15) is 9.90 Å². The Bertz CT molecular complexity index is 1560. The van der Waals surface area contributed by atoms with Crippen molar-refractivity contribution in [3.05, 3.63) is 54.6 Å². The van der Waals surface area contributed by atoms with Crippen LogP contribution in [0.25, 0.3) is 10.9 Å². The second-order valence-corrected chi connectivity index (χ2v) is 12.9. The number of benzene rings is 2. The van der Waals surface area contributed by atoms with Crippen LogP contribution >= 0.6 is 11.8 Å². The Morgan fingerprint density at radius 3 is 2.66 bits per heavy atom. The summed E-state index contributed by atoms with van der Waals surface area (Å²) in [4.78, 5) is 24.9. The van der Waals surface area contributed by atoms with Crippen molar-refractivity contribution in [2.75, 3.05) is 50.6 Å². The average Bonchev–Trinajstić information content (AvgIpc) is 3.47. The molecule has 0 spiro atoms. The molecule has 5 rings (SSSR count). The molecular weight excluding hydrogens is 580 g/mol. The second kappa shape index (κ2) is 14.3. The Labute approximate surface area is 261 Å². The Balaban J connectivity index is 1.22. The van der Waals surface area contributed by atoms with Crippen LogP contribution in [0.2, 0.25) is 0 Å². The van der Waals surface area contributed by atoms with Gasteiger partial charge in [-0.25, -0.2) is 14.8 Å². The SMILES string of the molecule is COc1cc2c(Sc3cccc(NC(=O)Nc4cc(C(C)(C)C)on4)c3)ncnc2cc1OCCN1CCC(CCO)CC1. The highest BCUT2D eigenvalue weighted by molar-refractivity contribution is 7.99. The third-order valence-corrected chi connectivity index (χ3v) is 8.60. The number of aromatic nitrogens is 3. The van der Waals surface area contributed by atoms with Crippen molar-refractivity contribution >= 4 is 40.2 Å². The van der Waals surface area contributed by atoms with Crippen molar-refractivity contribution in [3.8, 4) is 11.5 Å². The number of anilines is 2. The Hall–Kier alpha value is -3.87. The van der Waals surface area contributed by atoms with Crippen molar-refractivity contribution in [1.82, 2.24) is 20.0 Å². The normalized spacial score (nSPS) is 14.5. The number of nitrogens with one attached hydrogen (secondary N) is 2. The van der Waals surface area contributed by atoms with E-state index in [2.05, 4.69) is 30.7 Å². The third-order valence-electron chi connectivity index (χ3n) is 7.59. The smallest absolute Gasteiger partial charge is 0.324 e. The fraction of sp³-hybridized carbons (Fsp3) is 0.438. The summed E-state index contributed by atoms with van der Waals surface area (Å²) < 4.78 is 17.2. The number of aliphatic hydroxyl groups excluding tert-OH is 1. The van der Waals surface area contributed by atoms with Crippen molar-refractivity contribution in [2.24, 2.45) is 5.92 Å². The molecule has 0 bridgehead atoms. The van der Waals surface area contributed by atoms with Gasteiger partial charge < -0.3 is 24.4 Å². The molecule has 0 radical (unpaired) electrons. The summed E-state index contributed by atoms with van der Waals surface area (Å²) in [5.41, 5.74) is 1.16. The molecular formula is C32H40N6O5S. The molecule has 2 amide bonds. The summed E-state index contributed by atoms with van der Waals surface area (Å²) in [5.74, 6) is 2.91. The molecule has 11 nitrogen and oxygen atoms in total. The van der Waals surface area contributed by atoms with Crippen LogP contribution in [0.4, 0.5) is 16.3 Å². The van der Waals surface area contributed by atoms with E-state index in [1.807, 2.05) is 57.2 Å². The molecule has 4 aromatic rings. The summed E-state index contributed by atoms with van der Waals surface area (Å²) in [5, 5.41) is 20.3. The molecule has 0 aliphatic carbocycles. The number of rotatable bonds is 11. The number of likely N-dealkylation sites (tertiary alicyclic amines) is 1. The minimum Gasteiger partial charge on any atom is -0.493 e. The van der Waals surface area contributed by atoms with Crippen LogP contribution in [0, 0.1) is 5.92 Å². The molecule has 3 heterocycles. The number of piperidine rings is 1. The Kier molecular flexibility index (Phi) is 10.2. The number of hydrogen-bond donors (Lipinski definition) is 3. The van der Waals surface area contributed by atoms with Gasteiger partial charge in [0, 0.05) is 46.7 Å². The van der Waals surface area contributed by atoms with Crippen LogP contribution in [0.1, 0.15) is 45.8 Å². The van der Waals surface area contributed by atoms with E-state index >= 15 is 0 Å². The van der Waals surface area contributed by atoms with E-state index in [0.29, 0.717) is 41.3 Å². The maximum absolute atomic E-state index is 12.6. The number of aliphatic hydroxyl groups is 1. The zero-order valence-corrected chi connectivity index (χ0v) is 26.4. The van der Waals surface area contributed by atoms with Gasteiger partial charge in [0.2, 0.25) is 0 Å². The van der Waals surface area contributed by atoms with Gasteiger partial charge in [-0.05, 0) is 62.5 Å². The third kappa shape index (κ3) is 8.19. The lowest BCUT2D eigenvalue weighted by molar-refractivity contribution is 0.138. The zero-order chi connectivity index (χ0) is 31.1. The molecule has 2 aromatic carbocycles. The zero-order valence-electron chi connectivity index (χ0n) is 25.6. The Morgan fingerprint density at radius 2 is 1.93 bits per heavy atom. The number of hydrogen-bond acceptors (Lipinski definition) is 10. The predicted octanol–water partition coefficient (Wildman–Crippen LogP) is 6.19. The summed E-state index contributed by atoms with van der Waals surface area (Å²) in [6.07, 6.45) is 4.66. The van der Waals surface area contributed by atoms with Crippen LogP contribution in [0.15, 0.2) is 63.2 Å². The lowest BCUT2D eigenvalue weighted by atomic mass is 9.93. The highest BCUT2D eigenvalue weighted by atomic mass is 32.2. The first-order valence-electron chi connectivity index (χ1n) is 14.8. The van der Waals surface area contributed by atoms with Gasteiger partial charge in [0.25, 0.3) is 0 Å². The minimum atomic E-state index is -0.420. The van der Waals surface area contributed by atoms with Crippen molar-refractivity contribution in [1.29, 1.82) is 0 Å². The maximum atomic E-state index is 12.6. The first-order chi connectivity index (χ1) is 21.2. The number of methoxy groups -OCH3 is 1. The fourth-order valence-corrected chi connectivity index (χ4v) is 6.00. The van der Waals surface area contributed by atoms with Gasteiger partial charge in [-0.15, -0.1) is 0 Å². The molecule has 0 saturated carbocycles. The highest BCUT2D eigenvalue weighted by Gasteiger charge is 2.21. The summed E-state index contributed by atoms with van der Waals surface area (Å²) in [6.45, 7) is 9.73. The molecule has 1 aliphatic rings. The van der Waals surface area contributed by atoms with E-state index in [0.717, 1.165) is 59.7 Å². The van der Waals surface area contributed by atoms with Gasteiger partial charge in [-0.2, -0.15) is 0 Å². The standard InChI is InChI=1S/C32H40N6O5S/c1-32(2,3)28-19-29(37-43-28)36-31(40)35-22-6-5-7-23(16-22)44-30-24-17-26(41-4)27(18-25(24)33-20-34-30)42-15-13-38-11-8-21(9-12-38)10-14-39/h5-7,16-21,39H,8-15H2,1-4H3,(H2,35,36,37,40). The Morgan fingerprint density at radius 1 is 1.11 bits per heavy atom. The van der Waals surface area contributed by atoms with Gasteiger partial charge in [-0.3, -0.25) is 10.2 Å². The minimum absolute atomic E-state index is 0.210. The quantitative estimate of drug-likeness (QED) is 0.167. The predicted molar refractivity (Wildman–Crippen MR) is 171 cm³/mol. The summed E-state index contributed by atoms with van der Waals surface area (Å²) in [7, 11) is 1.62. The van der Waals surface area contributed by atoms with Gasteiger partial charge in [0.1, 0.15) is 23.7 Å². The largest absolute Gasteiger partial charge is 0.493 e. The molecule has 2 aromatic heterocycles. The van der Waals surface area contributed by atoms with E-state index in [1.54, 1.807) is 13.2 Å². The first-order valence-corrected chi connectivity index (χ1v) is 15.7. The van der Waals surface area contributed by atoms with E-state index in [1.165, 1.54) is 18.1 Å². The molecule has 1 fully saturated rings.